The summed E-state index contributed by atoms with van der Waals surface area (Å²) in [6.45, 7) is 4.63. The number of carbonyl (C=O) groups excluding carboxylic acids is 1. The Labute approximate surface area is 253 Å². The summed E-state index contributed by atoms with van der Waals surface area (Å²) in [5.74, 6) is -0.176. The van der Waals surface area contributed by atoms with Crippen molar-refractivity contribution >= 4 is 13.7 Å². The molecule has 3 unspecified atom stereocenters. The SMILES string of the molecule is CCCCCCCCCCCCCCCC(O)C(COP(=O)([O-])OCC[N+](C)(C)C)NC(=O)CCCCCCCC. The Morgan fingerprint density at radius 3 is 1.66 bits per heavy atom. The lowest BCUT2D eigenvalue weighted by molar-refractivity contribution is -0.870. The number of unbranched alkanes of at least 4 members (excludes halogenated alkanes) is 17. The number of hydrogen-bond acceptors (Lipinski definition) is 6. The number of phosphoric ester groups is 1. The highest BCUT2D eigenvalue weighted by Gasteiger charge is 2.24. The van der Waals surface area contributed by atoms with Crippen LogP contribution < -0.4 is 10.2 Å². The Bertz CT molecular complexity index is 659. The number of aliphatic hydroxyl groups is 1. The molecule has 0 saturated carbocycles. The fraction of sp³-hybridized carbons (Fsp3) is 0.969. The average Bonchev–Trinajstić information content (AvgIpc) is 2.90. The van der Waals surface area contributed by atoms with Crippen molar-refractivity contribution in [2.24, 2.45) is 0 Å². The highest BCUT2D eigenvalue weighted by Crippen LogP contribution is 2.38. The van der Waals surface area contributed by atoms with E-state index < -0.39 is 20.0 Å². The van der Waals surface area contributed by atoms with Gasteiger partial charge in [0.15, 0.2) is 0 Å². The maximum absolute atomic E-state index is 12.6. The van der Waals surface area contributed by atoms with Crippen LogP contribution in [0.15, 0.2) is 0 Å². The van der Waals surface area contributed by atoms with Crippen molar-refractivity contribution in [1.82, 2.24) is 5.32 Å². The number of rotatable bonds is 30. The zero-order valence-electron chi connectivity index (χ0n) is 27.5. The largest absolute Gasteiger partial charge is 0.756 e. The third-order valence-electron chi connectivity index (χ3n) is 7.60. The first-order chi connectivity index (χ1) is 19.5. The summed E-state index contributed by atoms with van der Waals surface area (Å²) in [5, 5.41) is 13.7. The van der Waals surface area contributed by atoms with Crippen LogP contribution in [0.3, 0.4) is 0 Å². The van der Waals surface area contributed by atoms with Crippen molar-refractivity contribution in [3.63, 3.8) is 0 Å². The standard InChI is InChI=1S/C32H67N2O6P/c1-6-8-10-12-14-15-16-17-18-19-20-21-23-25-31(35)30(33-32(36)26-24-22-13-11-9-7-2)29-40-41(37,38)39-28-27-34(3,4)5/h30-31,35H,6-29H2,1-5H3,(H-,33,36,37,38). The third-order valence-corrected chi connectivity index (χ3v) is 8.56. The monoisotopic (exact) mass is 606 g/mol. The summed E-state index contributed by atoms with van der Waals surface area (Å²) >= 11 is 0. The molecule has 0 aromatic heterocycles. The quantitative estimate of drug-likeness (QED) is 0.0506. The zero-order chi connectivity index (χ0) is 30.8. The second kappa shape index (κ2) is 25.9. The van der Waals surface area contributed by atoms with Gasteiger partial charge in [0.25, 0.3) is 7.82 Å². The zero-order valence-corrected chi connectivity index (χ0v) is 28.4. The number of aliphatic hydroxyl groups excluding tert-OH is 1. The van der Waals surface area contributed by atoms with E-state index in [4.69, 9.17) is 9.05 Å². The van der Waals surface area contributed by atoms with Crippen LogP contribution in [0.2, 0.25) is 0 Å². The van der Waals surface area contributed by atoms with Crippen molar-refractivity contribution in [2.75, 3.05) is 40.9 Å². The fourth-order valence-electron chi connectivity index (χ4n) is 4.80. The van der Waals surface area contributed by atoms with Gasteiger partial charge in [-0.2, -0.15) is 0 Å². The first kappa shape index (κ1) is 40.5. The lowest BCUT2D eigenvalue weighted by atomic mass is 10.0. The molecular formula is C32H67N2O6P. The van der Waals surface area contributed by atoms with E-state index in [1.54, 1.807) is 0 Å². The number of amides is 1. The van der Waals surface area contributed by atoms with Crippen molar-refractivity contribution < 1.29 is 32.9 Å². The summed E-state index contributed by atoms with van der Waals surface area (Å²) in [5.41, 5.74) is 0. The summed E-state index contributed by atoms with van der Waals surface area (Å²) < 4.78 is 23.0. The van der Waals surface area contributed by atoms with Gasteiger partial charge in [-0.05, 0) is 12.8 Å². The van der Waals surface area contributed by atoms with E-state index in [0.717, 1.165) is 38.5 Å². The van der Waals surface area contributed by atoms with Gasteiger partial charge in [-0.15, -0.1) is 0 Å². The van der Waals surface area contributed by atoms with E-state index in [1.807, 2.05) is 21.1 Å². The van der Waals surface area contributed by atoms with Crippen LogP contribution in [0, 0.1) is 0 Å². The van der Waals surface area contributed by atoms with E-state index in [-0.39, 0.29) is 19.1 Å². The van der Waals surface area contributed by atoms with Crippen molar-refractivity contribution in [2.45, 2.75) is 161 Å². The lowest BCUT2D eigenvalue weighted by Crippen LogP contribution is -2.46. The Hall–Kier alpha value is -0.500. The predicted molar refractivity (Wildman–Crippen MR) is 169 cm³/mol. The maximum atomic E-state index is 12.6. The van der Waals surface area contributed by atoms with E-state index in [1.165, 1.54) is 83.5 Å². The smallest absolute Gasteiger partial charge is 0.268 e. The average molecular weight is 607 g/mol. The van der Waals surface area contributed by atoms with Gasteiger partial charge in [-0.3, -0.25) is 9.36 Å². The topological polar surface area (TPSA) is 108 Å². The molecule has 0 aliphatic rings. The molecule has 1 amide bonds. The third kappa shape index (κ3) is 28.1. The fourth-order valence-corrected chi connectivity index (χ4v) is 5.52. The van der Waals surface area contributed by atoms with E-state index >= 15 is 0 Å². The molecule has 41 heavy (non-hydrogen) atoms. The Morgan fingerprint density at radius 2 is 1.20 bits per heavy atom. The van der Waals surface area contributed by atoms with Crippen molar-refractivity contribution in [3.8, 4) is 0 Å². The molecule has 0 aliphatic heterocycles. The van der Waals surface area contributed by atoms with Crippen LogP contribution in [-0.4, -0.2) is 68.5 Å². The highest BCUT2D eigenvalue weighted by atomic mass is 31.2. The number of hydrogen-bond donors (Lipinski definition) is 2. The van der Waals surface area contributed by atoms with Crippen LogP contribution in [0.1, 0.15) is 149 Å². The number of nitrogens with zero attached hydrogens (tertiary/aromatic N) is 1. The molecule has 0 aromatic rings. The molecule has 0 fully saturated rings. The molecule has 246 valence electrons. The van der Waals surface area contributed by atoms with E-state index in [0.29, 0.717) is 23.9 Å². The molecule has 0 saturated heterocycles. The molecule has 0 rings (SSSR count). The molecule has 0 spiro atoms. The minimum Gasteiger partial charge on any atom is -0.756 e. The number of quaternary nitrogens is 1. The normalized spacial score (nSPS) is 15.0. The summed E-state index contributed by atoms with van der Waals surface area (Å²) in [6.07, 6.45) is 22.6. The van der Waals surface area contributed by atoms with Crippen molar-refractivity contribution in [1.29, 1.82) is 0 Å². The highest BCUT2D eigenvalue weighted by molar-refractivity contribution is 7.45. The second-order valence-corrected chi connectivity index (χ2v) is 14.3. The molecule has 2 N–H and O–H groups in total. The molecule has 0 bridgehead atoms. The summed E-state index contributed by atoms with van der Waals surface area (Å²) in [6, 6.07) is -0.788. The minimum absolute atomic E-state index is 0.0147. The van der Waals surface area contributed by atoms with Gasteiger partial charge in [-0.25, -0.2) is 0 Å². The minimum atomic E-state index is -4.54. The van der Waals surface area contributed by atoms with Gasteiger partial charge in [0.1, 0.15) is 13.2 Å². The number of likely N-dealkylation sites (N-methyl/N-ethyl adjacent to an activating group) is 1. The molecule has 0 aliphatic carbocycles. The van der Waals surface area contributed by atoms with Crippen molar-refractivity contribution in [3.05, 3.63) is 0 Å². The molecule has 0 radical (unpaired) electrons. The summed E-state index contributed by atoms with van der Waals surface area (Å²) in [4.78, 5) is 24.9. The van der Waals surface area contributed by atoms with E-state index in [2.05, 4.69) is 19.2 Å². The molecule has 3 atom stereocenters. The van der Waals surface area contributed by atoms with Crippen LogP contribution in [0.25, 0.3) is 0 Å². The van der Waals surface area contributed by atoms with Gasteiger partial charge in [0.2, 0.25) is 5.91 Å². The van der Waals surface area contributed by atoms with Gasteiger partial charge < -0.3 is 28.8 Å². The van der Waals surface area contributed by atoms with Gasteiger partial charge in [0.05, 0.1) is 39.9 Å². The van der Waals surface area contributed by atoms with Crippen LogP contribution in [0.4, 0.5) is 0 Å². The van der Waals surface area contributed by atoms with Crippen LogP contribution in [0.5, 0.6) is 0 Å². The second-order valence-electron chi connectivity index (χ2n) is 12.9. The first-order valence-electron chi connectivity index (χ1n) is 16.9. The Morgan fingerprint density at radius 1 is 0.756 bits per heavy atom. The molecule has 9 heteroatoms. The van der Waals surface area contributed by atoms with Crippen LogP contribution in [-0.2, 0) is 18.4 Å². The number of nitrogens with one attached hydrogen (secondary N) is 1. The molecule has 0 heterocycles. The Balaban J connectivity index is 4.46. The molecular weight excluding hydrogens is 539 g/mol. The molecule has 8 nitrogen and oxygen atoms in total. The first-order valence-corrected chi connectivity index (χ1v) is 18.3. The number of phosphoric acid groups is 1. The number of carbonyl (C=O) groups is 1. The maximum Gasteiger partial charge on any atom is 0.268 e. The van der Waals surface area contributed by atoms with Gasteiger partial charge >= 0.3 is 0 Å². The molecule has 0 aromatic carbocycles. The van der Waals surface area contributed by atoms with Crippen LogP contribution >= 0.6 is 7.82 Å². The Kier molecular flexibility index (Phi) is 25.6. The van der Waals surface area contributed by atoms with Gasteiger partial charge in [-0.1, -0.05) is 129 Å². The van der Waals surface area contributed by atoms with E-state index in [9.17, 15) is 19.4 Å². The summed E-state index contributed by atoms with van der Waals surface area (Å²) in [7, 11) is 1.30. The predicted octanol–water partition coefficient (Wildman–Crippen LogP) is 7.27. The van der Waals surface area contributed by atoms with Gasteiger partial charge in [0, 0.05) is 6.42 Å². The lowest BCUT2D eigenvalue weighted by Gasteiger charge is -2.30.